The SMILES string of the molecule is CC(COc1ccccc1C(F)(F)F)NC(=O)N1CCCC(C(=O)O)C1. The largest absolute Gasteiger partial charge is 0.491 e. The Labute approximate surface area is 148 Å². The lowest BCUT2D eigenvalue weighted by Gasteiger charge is -2.31. The van der Waals surface area contributed by atoms with Gasteiger partial charge in [0.25, 0.3) is 0 Å². The topological polar surface area (TPSA) is 78.9 Å². The van der Waals surface area contributed by atoms with E-state index in [0.717, 1.165) is 6.07 Å². The minimum absolute atomic E-state index is 0.117. The van der Waals surface area contributed by atoms with E-state index in [9.17, 15) is 22.8 Å². The number of urea groups is 1. The van der Waals surface area contributed by atoms with Crippen molar-refractivity contribution >= 4 is 12.0 Å². The van der Waals surface area contributed by atoms with Gasteiger partial charge in [0, 0.05) is 13.1 Å². The molecule has 2 unspecified atom stereocenters. The van der Waals surface area contributed by atoms with Gasteiger partial charge in [-0.25, -0.2) is 4.79 Å². The van der Waals surface area contributed by atoms with Gasteiger partial charge in [0.1, 0.15) is 12.4 Å². The van der Waals surface area contributed by atoms with Crippen LogP contribution < -0.4 is 10.1 Å². The molecule has 1 saturated heterocycles. The lowest BCUT2D eigenvalue weighted by molar-refractivity contribution is -0.143. The minimum atomic E-state index is -4.53. The van der Waals surface area contributed by atoms with E-state index < -0.39 is 35.7 Å². The number of aliphatic carboxylic acids is 1. The zero-order valence-electron chi connectivity index (χ0n) is 14.3. The first-order chi connectivity index (χ1) is 12.2. The summed E-state index contributed by atoms with van der Waals surface area (Å²) in [6, 6.07) is 3.87. The fourth-order valence-corrected chi connectivity index (χ4v) is 2.75. The van der Waals surface area contributed by atoms with Crippen LogP contribution in [0.2, 0.25) is 0 Å². The molecule has 0 radical (unpaired) electrons. The fourth-order valence-electron chi connectivity index (χ4n) is 2.75. The highest BCUT2D eigenvalue weighted by molar-refractivity contribution is 5.76. The number of hydrogen-bond acceptors (Lipinski definition) is 3. The standard InChI is InChI=1S/C17H21F3N2O4/c1-11(10-26-14-7-3-2-6-13(14)17(18,19)20)21-16(25)22-8-4-5-12(9-22)15(23)24/h2-3,6-7,11-12H,4-5,8-10H2,1H3,(H,21,25)(H,23,24). The Balaban J connectivity index is 1.88. The van der Waals surface area contributed by atoms with Gasteiger partial charge in [-0.05, 0) is 31.9 Å². The van der Waals surface area contributed by atoms with Crippen molar-refractivity contribution in [1.29, 1.82) is 0 Å². The summed E-state index contributed by atoms with van der Waals surface area (Å²) < 4.78 is 44.0. The van der Waals surface area contributed by atoms with Crippen LogP contribution in [0.25, 0.3) is 0 Å². The summed E-state index contributed by atoms with van der Waals surface area (Å²) in [4.78, 5) is 24.7. The number of nitrogens with one attached hydrogen (secondary N) is 1. The summed E-state index contributed by atoms with van der Waals surface area (Å²) in [5, 5.41) is 11.7. The highest BCUT2D eigenvalue weighted by Gasteiger charge is 2.34. The summed E-state index contributed by atoms with van der Waals surface area (Å²) in [5.41, 5.74) is -0.876. The number of piperidine rings is 1. The molecular formula is C17H21F3N2O4. The van der Waals surface area contributed by atoms with E-state index in [0.29, 0.717) is 19.4 Å². The van der Waals surface area contributed by atoms with E-state index in [1.807, 2.05) is 0 Å². The second-order valence-corrected chi connectivity index (χ2v) is 6.28. The molecule has 1 aromatic rings. The van der Waals surface area contributed by atoms with Gasteiger partial charge in [0.2, 0.25) is 0 Å². The molecule has 1 fully saturated rings. The second kappa shape index (κ2) is 8.29. The molecule has 0 saturated carbocycles. The number of hydrogen-bond donors (Lipinski definition) is 2. The first-order valence-corrected chi connectivity index (χ1v) is 8.25. The number of carbonyl (C=O) groups excluding carboxylic acids is 1. The van der Waals surface area contributed by atoms with E-state index in [1.54, 1.807) is 6.92 Å². The van der Waals surface area contributed by atoms with Gasteiger partial charge in [-0.2, -0.15) is 13.2 Å². The summed E-state index contributed by atoms with van der Waals surface area (Å²) in [5.74, 6) is -1.84. The fraction of sp³-hybridized carbons (Fsp3) is 0.529. The van der Waals surface area contributed by atoms with Crippen molar-refractivity contribution in [3.8, 4) is 5.75 Å². The van der Waals surface area contributed by atoms with Crippen molar-refractivity contribution in [3.63, 3.8) is 0 Å². The van der Waals surface area contributed by atoms with Crippen LogP contribution in [0.1, 0.15) is 25.3 Å². The maximum absolute atomic E-state index is 12.9. The van der Waals surface area contributed by atoms with E-state index in [1.165, 1.54) is 23.1 Å². The van der Waals surface area contributed by atoms with Gasteiger partial charge in [-0.15, -0.1) is 0 Å². The lowest BCUT2D eigenvalue weighted by Crippen LogP contribution is -2.50. The number of likely N-dealkylation sites (tertiary alicyclic amines) is 1. The molecule has 9 heteroatoms. The first-order valence-electron chi connectivity index (χ1n) is 8.25. The summed E-state index contributed by atoms with van der Waals surface area (Å²) in [7, 11) is 0. The number of nitrogens with zero attached hydrogens (tertiary/aromatic N) is 1. The molecule has 0 bridgehead atoms. The van der Waals surface area contributed by atoms with Gasteiger partial charge in [0.15, 0.2) is 0 Å². The first kappa shape index (κ1) is 19.9. The van der Waals surface area contributed by atoms with Crippen molar-refractivity contribution in [2.75, 3.05) is 19.7 Å². The lowest BCUT2D eigenvalue weighted by atomic mass is 9.99. The van der Waals surface area contributed by atoms with Crippen molar-refractivity contribution in [1.82, 2.24) is 10.2 Å². The smallest absolute Gasteiger partial charge is 0.419 e. The Kier molecular flexibility index (Phi) is 6.33. The number of carboxylic acid groups (broad SMARTS) is 1. The zero-order valence-corrected chi connectivity index (χ0v) is 14.3. The zero-order chi connectivity index (χ0) is 19.3. The predicted molar refractivity (Wildman–Crippen MR) is 86.9 cm³/mol. The van der Waals surface area contributed by atoms with Crippen LogP contribution in [0.5, 0.6) is 5.75 Å². The normalized spacial score (nSPS) is 18.9. The quantitative estimate of drug-likeness (QED) is 0.831. The number of amides is 2. The van der Waals surface area contributed by atoms with Crippen molar-refractivity contribution in [2.45, 2.75) is 32.0 Å². The van der Waals surface area contributed by atoms with Gasteiger partial charge in [-0.3, -0.25) is 4.79 Å². The highest BCUT2D eigenvalue weighted by Crippen LogP contribution is 2.35. The summed E-state index contributed by atoms with van der Waals surface area (Å²) in [6.45, 7) is 2.02. The van der Waals surface area contributed by atoms with Crippen molar-refractivity contribution in [2.24, 2.45) is 5.92 Å². The monoisotopic (exact) mass is 374 g/mol. The average Bonchev–Trinajstić information content (AvgIpc) is 2.59. The molecule has 2 atom stereocenters. The number of ether oxygens (including phenoxy) is 1. The molecule has 0 spiro atoms. The van der Waals surface area contributed by atoms with Crippen LogP contribution in [0.3, 0.4) is 0 Å². The molecule has 1 aromatic carbocycles. The molecule has 2 N–H and O–H groups in total. The van der Waals surface area contributed by atoms with E-state index in [2.05, 4.69) is 5.32 Å². The van der Waals surface area contributed by atoms with Gasteiger partial charge in [-0.1, -0.05) is 12.1 Å². The summed E-state index contributed by atoms with van der Waals surface area (Å²) in [6.07, 6.45) is -3.41. The molecule has 1 heterocycles. The van der Waals surface area contributed by atoms with E-state index in [-0.39, 0.29) is 18.9 Å². The molecule has 1 aliphatic heterocycles. The molecule has 2 amide bonds. The predicted octanol–water partition coefficient (Wildman–Crippen LogP) is 2.98. The van der Waals surface area contributed by atoms with Gasteiger partial charge in [0.05, 0.1) is 17.5 Å². The molecule has 1 aliphatic rings. The molecule has 0 aromatic heterocycles. The Morgan fingerprint density at radius 1 is 1.38 bits per heavy atom. The van der Waals surface area contributed by atoms with Crippen molar-refractivity contribution in [3.05, 3.63) is 29.8 Å². The maximum Gasteiger partial charge on any atom is 0.419 e. The Hall–Kier alpha value is -2.45. The van der Waals surface area contributed by atoms with Crippen LogP contribution in [0, 0.1) is 5.92 Å². The van der Waals surface area contributed by atoms with E-state index in [4.69, 9.17) is 9.84 Å². The average molecular weight is 374 g/mol. The third kappa shape index (κ3) is 5.27. The summed E-state index contributed by atoms with van der Waals surface area (Å²) >= 11 is 0. The molecule has 0 aliphatic carbocycles. The minimum Gasteiger partial charge on any atom is -0.491 e. The molecule has 144 valence electrons. The third-order valence-electron chi connectivity index (χ3n) is 4.11. The van der Waals surface area contributed by atoms with Crippen LogP contribution >= 0.6 is 0 Å². The number of halogens is 3. The second-order valence-electron chi connectivity index (χ2n) is 6.28. The Morgan fingerprint density at radius 3 is 2.73 bits per heavy atom. The number of carboxylic acids is 1. The van der Waals surface area contributed by atoms with Crippen LogP contribution in [0.15, 0.2) is 24.3 Å². The number of carbonyl (C=O) groups is 2. The Bertz CT molecular complexity index is 651. The van der Waals surface area contributed by atoms with Gasteiger partial charge >= 0.3 is 18.2 Å². The molecular weight excluding hydrogens is 353 g/mol. The number of benzene rings is 1. The number of para-hydroxylation sites is 1. The maximum atomic E-state index is 12.9. The van der Waals surface area contributed by atoms with Crippen molar-refractivity contribution < 1.29 is 32.6 Å². The van der Waals surface area contributed by atoms with Crippen LogP contribution in [-0.2, 0) is 11.0 Å². The number of rotatable bonds is 5. The van der Waals surface area contributed by atoms with Crippen LogP contribution in [0.4, 0.5) is 18.0 Å². The number of alkyl halides is 3. The van der Waals surface area contributed by atoms with Gasteiger partial charge < -0.3 is 20.1 Å². The highest BCUT2D eigenvalue weighted by atomic mass is 19.4. The van der Waals surface area contributed by atoms with E-state index >= 15 is 0 Å². The molecule has 6 nitrogen and oxygen atoms in total. The molecule has 2 rings (SSSR count). The third-order valence-corrected chi connectivity index (χ3v) is 4.11. The Morgan fingerprint density at radius 2 is 2.08 bits per heavy atom. The van der Waals surface area contributed by atoms with Crippen LogP contribution in [-0.4, -0.2) is 47.7 Å². The molecule has 26 heavy (non-hydrogen) atoms.